The molecule has 5 N–H and O–H groups in total. The molecule has 0 bridgehead atoms. The fraction of sp³-hybridized carbons (Fsp3) is 0.611. The van der Waals surface area contributed by atoms with Gasteiger partial charge in [-0.15, -0.1) is 0 Å². The first-order chi connectivity index (χ1) is 11.1. The minimum atomic E-state index is -1.83. The summed E-state index contributed by atoms with van der Waals surface area (Å²) < 4.78 is 0. The minimum absolute atomic E-state index is 0.00367. The normalized spacial score (nSPS) is 31.8. The Morgan fingerprint density at radius 2 is 1.71 bits per heavy atom. The van der Waals surface area contributed by atoms with Gasteiger partial charge in [0.2, 0.25) is 0 Å². The summed E-state index contributed by atoms with van der Waals surface area (Å²) >= 11 is 0. The lowest BCUT2D eigenvalue weighted by atomic mass is 9.77. The van der Waals surface area contributed by atoms with Crippen LogP contribution in [0.3, 0.4) is 0 Å². The molecule has 0 fully saturated rings. The van der Waals surface area contributed by atoms with Crippen LogP contribution in [0, 0.1) is 0 Å². The molecule has 0 saturated heterocycles. The average Bonchev–Trinajstić information content (AvgIpc) is 2.52. The van der Waals surface area contributed by atoms with Crippen LogP contribution in [0.1, 0.15) is 46.5 Å². The highest BCUT2D eigenvalue weighted by molar-refractivity contribution is 5.68. The zero-order valence-electron chi connectivity index (χ0n) is 14.4. The molecule has 6 nitrogen and oxygen atoms in total. The average molecular weight is 340 g/mol. The number of allylic oxidation sites excluding steroid dienone is 2. The minimum Gasteiger partial charge on any atom is -0.481 e. The van der Waals surface area contributed by atoms with Crippen molar-refractivity contribution >= 4 is 5.97 Å². The monoisotopic (exact) mass is 340 g/mol. The van der Waals surface area contributed by atoms with E-state index in [-0.39, 0.29) is 12.8 Å². The van der Waals surface area contributed by atoms with E-state index in [2.05, 4.69) is 0 Å². The SMILES string of the molecule is CC1=CC(O)C(O)(C/C=C(\C)CC/C(C)=C/CC(=O)O)C(O)C1O. The third kappa shape index (κ3) is 5.27. The molecule has 0 aromatic rings. The van der Waals surface area contributed by atoms with Gasteiger partial charge in [0.05, 0.1) is 6.42 Å². The molecule has 4 unspecified atom stereocenters. The Bertz CT molecular complexity index is 548. The lowest BCUT2D eigenvalue weighted by molar-refractivity contribution is -0.164. The van der Waals surface area contributed by atoms with E-state index in [9.17, 15) is 25.2 Å². The van der Waals surface area contributed by atoms with E-state index < -0.39 is 29.9 Å². The van der Waals surface area contributed by atoms with Crippen molar-refractivity contribution < 1.29 is 30.3 Å². The summed E-state index contributed by atoms with van der Waals surface area (Å²) in [6, 6.07) is 0. The third-order valence-corrected chi connectivity index (χ3v) is 4.53. The van der Waals surface area contributed by atoms with Crippen LogP contribution in [-0.2, 0) is 4.79 Å². The van der Waals surface area contributed by atoms with Crippen molar-refractivity contribution in [2.45, 2.75) is 70.4 Å². The van der Waals surface area contributed by atoms with Crippen molar-refractivity contribution in [1.29, 1.82) is 0 Å². The first kappa shape index (κ1) is 20.6. The first-order valence-corrected chi connectivity index (χ1v) is 8.06. The Morgan fingerprint density at radius 3 is 2.25 bits per heavy atom. The van der Waals surface area contributed by atoms with E-state index in [1.54, 1.807) is 19.1 Å². The molecule has 0 aromatic carbocycles. The summed E-state index contributed by atoms with van der Waals surface area (Å²) in [5.74, 6) is -0.869. The number of carboxylic acid groups (broad SMARTS) is 1. The molecular weight excluding hydrogens is 312 g/mol. The van der Waals surface area contributed by atoms with Crippen LogP contribution in [0.25, 0.3) is 0 Å². The number of hydrogen-bond acceptors (Lipinski definition) is 5. The van der Waals surface area contributed by atoms with Crippen molar-refractivity contribution in [1.82, 2.24) is 0 Å². The molecule has 0 spiro atoms. The molecule has 6 heteroatoms. The van der Waals surface area contributed by atoms with Gasteiger partial charge >= 0.3 is 5.97 Å². The summed E-state index contributed by atoms with van der Waals surface area (Å²) in [6.07, 6.45) is 2.24. The van der Waals surface area contributed by atoms with Gasteiger partial charge in [-0.2, -0.15) is 0 Å². The Morgan fingerprint density at radius 1 is 1.17 bits per heavy atom. The van der Waals surface area contributed by atoms with Crippen molar-refractivity contribution in [3.8, 4) is 0 Å². The molecule has 0 saturated carbocycles. The maximum atomic E-state index is 10.5. The zero-order chi connectivity index (χ0) is 18.5. The molecule has 24 heavy (non-hydrogen) atoms. The summed E-state index contributed by atoms with van der Waals surface area (Å²) in [4.78, 5) is 10.5. The van der Waals surface area contributed by atoms with Gasteiger partial charge in [-0.05, 0) is 45.6 Å². The quantitative estimate of drug-likeness (QED) is 0.446. The van der Waals surface area contributed by atoms with Crippen molar-refractivity contribution in [3.05, 3.63) is 34.9 Å². The van der Waals surface area contributed by atoms with Crippen LogP contribution in [0.2, 0.25) is 0 Å². The number of hydrogen-bond donors (Lipinski definition) is 5. The number of carbonyl (C=O) groups is 1. The van der Waals surface area contributed by atoms with E-state index in [0.29, 0.717) is 18.4 Å². The van der Waals surface area contributed by atoms with Gasteiger partial charge in [0.1, 0.15) is 23.9 Å². The maximum Gasteiger partial charge on any atom is 0.307 e. The van der Waals surface area contributed by atoms with E-state index in [0.717, 1.165) is 11.1 Å². The molecular formula is C18H28O6. The van der Waals surface area contributed by atoms with Gasteiger partial charge in [-0.3, -0.25) is 4.79 Å². The number of carboxylic acids is 1. The number of rotatable bonds is 7. The Kier molecular flexibility index (Phi) is 7.35. The Hall–Kier alpha value is -1.47. The number of aliphatic hydroxyl groups is 4. The molecule has 136 valence electrons. The largest absolute Gasteiger partial charge is 0.481 e. The van der Waals surface area contributed by atoms with Crippen LogP contribution in [0.5, 0.6) is 0 Å². The molecule has 1 rings (SSSR count). The van der Waals surface area contributed by atoms with Gasteiger partial charge in [0.25, 0.3) is 0 Å². The highest BCUT2D eigenvalue weighted by Crippen LogP contribution is 2.32. The van der Waals surface area contributed by atoms with E-state index in [1.165, 1.54) is 6.08 Å². The second kappa shape index (κ2) is 8.58. The van der Waals surface area contributed by atoms with Crippen LogP contribution >= 0.6 is 0 Å². The third-order valence-electron chi connectivity index (χ3n) is 4.53. The molecule has 0 heterocycles. The molecule has 1 aliphatic rings. The van der Waals surface area contributed by atoms with Crippen molar-refractivity contribution in [2.75, 3.05) is 0 Å². The summed E-state index contributed by atoms with van der Waals surface area (Å²) in [5, 5.41) is 49.2. The fourth-order valence-electron chi connectivity index (χ4n) is 2.63. The lowest BCUT2D eigenvalue weighted by Crippen LogP contribution is -2.59. The molecule has 4 atom stereocenters. The highest BCUT2D eigenvalue weighted by atomic mass is 16.4. The summed E-state index contributed by atoms with van der Waals surface area (Å²) in [5.41, 5.74) is 0.524. The standard InChI is InChI=1S/C18H28O6/c1-11(6-7-15(20)21)4-5-12(2)8-9-18(24)14(19)10-13(3)16(22)17(18)23/h6,8,10,14,16-17,19,22-24H,4-5,7,9H2,1-3H3,(H,20,21)/b11-6+,12-8+. The van der Waals surface area contributed by atoms with Crippen molar-refractivity contribution in [2.24, 2.45) is 0 Å². The second-order valence-corrected chi connectivity index (χ2v) is 6.64. The Balaban J connectivity index is 2.67. The maximum absolute atomic E-state index is 10.5. The predicted octanol–water partition coefficient (Wildman–Crippen LogP) is 1.30. The topological polar surface area (TPSA) is 118 Å². The predicted molar refractivity (Wildman–Crippen MR) is 90.3 cm³/mol. The molecule has 0 aromatic heterocycles. The van der Waals surface area contributed by atoms with Crippen LogP contribution < -0.4 is 0 Å². The highest BCUT2D eigenvalue weighted by Gasteiger charge is 2.47. The van der Waals surface area contributed by atoms with Crippen LogP contribution in [0.15, 0.2) is 34.9 Å². The molecule has 0 aliphatic heterocycles. The first-order valence-electron chi connectivity index (χ1n) is 8.06. The fourth-order valence-corrected chi connectivity index (χ4v) is 2.63. The van der Waals surface area contributed by atoms with Crippen LogP contribution in [-0.4, -0.2) is 55.4 Å². The molecule has 0 amide bonds. The second-order valence-electron chi connectivity index (χ2n) is 6.64. The summed E-state index contributed by atoms with van der Waals surface area (Å²) in [6.45, 7) is 5.32. The van der Waals surface area contributed by atoms with Gasteiger partial charge in [0.15, 0.2) is 0 Å². The Labute approximate surface area is 142 Å². The van der Waals surface area contributed by atoms with E-state index in [1.807, 2.05) is 13.8 Å². The zero-order valence-corrected chi connectivity index (χ0v) is 14.4. The van der Waals surface area contributed by atoms with Crippen LogP contribution in [0.4, 0.5) is 0 Å². The smallest absolute Gasteiger partial charge is 0.307 e. The van der Waals surface area contributed by atoms with Gasteiger partial charge in [0, 0.05) is 0 Å². The van der Waals surface area contributed by atoms with Gasteiger partial charge in [-0.25, -0.2) is 0 Å². The summed E-state index contributed by atoms with van der Waals surface area (Å²) in [7, 11) is 0. The van der Waals surface area contributed by atoms with Gasteiger partial charge in [-0.1, -0.05) is 29.4 Å². The van der Waals surface area contributed by atoms with E-state index in [4.69, 9.17) is 5.11 Å². The number of aliphatic carboxylic acids is 1. The molecule has 1 aliphatic carbocycles. The van der Waals surface area contributed by atoms with E-state index >= 15 is 0 Å². The molecule has 0 radical (unpaired) electrons. The number of aliphatic hydroxyl groups excluding tert-OH is 3. The van der Waals surface area contributed by atoms with Crippen molar-refractivity contribution in [3.63, 3.8) is 0 Å². The lowest BCUT2D eigenvalue weighted by Gasteiger charge is -2.41. The van der Waals surface area contributed by atoms with Gasteiger partial charge < -0.3 is 25.5 Å².